The van der Waals surface area contributed by atoms with Gasteiger partial charge in [0, 0.05) is 23.2 Å². The summed E-state index contributed by atoms with van der Waals surface area (Å²) in [6.07, 6.45) is 12.4. The second-order valence-corrected chi connectivity index (χ2v) is 17.3. The van der Waals surface area contributed by atoms with Crippen LogP contribution in [-0.4, -0.2) is 78.6 Å². The van der Waals surface area contributed by atoms with E-state index in [0.717, 1.165) is 69.1 Å². The molecule has 60 heavy (non-hydrogen) atoms. The number of carbonyl (C=O) groups is 2. The molecule has 4 aromatic carbocycles. The van der Waals surface area contributed by atoms with Crippen LogP contribution in [0.3, 0.4) is 0 Å². The Bertz CT molecular complexity index is 1890. The third kappa shape index (κ3) is 12.0. The zero-order chi connectivity index (χ0) is 42.4. The van der Waals surface area contributed by atoms with Gasteiger partial charge in [0.15, 0.2) is 12.2 Å². The number of likely N-dealkylation sites (N-methyl/N-ethyl adjacent to an activating group) is 1. The van der Waals surface area contributed by atoms with Crippen LogP contribution in [-0.2, 0) is 21.5 Å². The third-order valence-corrected chi connectivity index (χ3v) is 13.2. The highest BCUT2D eigenvalue weighted by molar-refractivity contribution is 5.81. The second kappa shape index (κ2) is 21.7. The number of ether oxygens (including phenoxy) is 2. The first kappa shape index (κ1) is 44.8. The molecule has 2 unspecified atom stereocenters. The van der Waals surface area contributed by atoms with Crippen molar-refractivity contribution < 1.29 is 23.5 Å². The summed E-state index contributed by atoms with van der Waals surface area (Å²) in [7, 11) is 4.18. The minimum atomic E-state index is -0.537. The van der Waals surface area contributed by atoms with Gasteiger partial charge in [-0.25, -0.2) is 4.39 Å². The van der Waals surface area contributed by atoms with Crippen LogP contribution in [0.5, 0.6) is 11.5 Å². The Hall–Kier alpha value is -4.73. The number of piperidine rings is 1. The Kier molecular flexibility index (Phi) is 16.2. The van der Waals surface area contributed by atoms with Crippen LogP contribution < -0.4 is 20.1 Å². The number of likely N-dealkylation sites (tertiary alicyclic amines) is 1. The molecule has 322 valence electrons. The fourth-order valence-corrected chi connectivity index (χ4v) is 9.56. The molecular formula is C51H67FN4O4. The lowest BCUT2D eigenvalue weighted by Crippen LogP contribution is -2.53. The lowest BCUT2D eigenvalue weighted by atomic mass is 9.73. The van der Waals surface area contributed by atoms with Gasteiger partial charge in [-0.2, -0.15) is 0 Å². The summed E-state index contributed by atoms with van der Waals surface area (Å²) < 4.78 is 25.3. The lowest BCUT2D eigenvalue weighted by Gasteiger charge is -2.50. The van der Waals surface area contributed by atoms with E-state index in [0.29, 0.717) is 12.2 Å². The Labute approximate surface area is 358 Å². The molecule has 2 saturated carbocycles. The van der Waals surface area contributed by atoms with Crippen LogP contribution in [0, 0.1) is 5.82 Å². The van der Waals surface area contributed by atoms with Gasteiger partial charge in [0.25, 0.3) is 11.8 Å². The van der Waals surface area contributed by atoms with Crippen molar-refractivity contribution in [2.45, 2.75) is 133 Å². The highest BCUT2D eigenvalue weighted by Crippen LogP contribution is 2.44. The molecular weight excluding hydrogens is 752 g/mol. The van der Waals surface area contributed by atoms with Crippen molar-refractivity contribution in [2.75, 3.05) is 27.2 Å². The number of nitrogens with one attached hydrogen (secondary N) is 2. The molecule has 9 heteroatoms. The van der Waals surface area contributed by atoms with E-state index < -0.39 is 12.2 Å². The van der Waals surface area contributed by atoms with Crippen molar-refractivity contribution >= 4 is 11.8 Å². The van der Waals surface area contributed by atoms with Gasteiger partial charge in [0.05, 0.1) is 0 Å². The first-order valence-corrected chi connectivity index (χ1v) is 22.4. The van der Waals surface area contributed by atoms with E-state index in [1.807, 2.05) is 73.7 Å². The largest absolute Gasteiger partial charge is 0.481 e. The first-order chi connectivity index (χ1) is 29.1. The van der Waals surface area contributed by atoms with E-state index in [-0.39, 0.29) is 40.8 Å². The molecule has 4 aromatic rings. The molecule has 8 nitrogen and oxygen atoms in total. The van der Waals surface area contributed by atoms with Gasteiger partial charge in [-0.3, -0.25) is 14.5 Å². The molecule has 1 saturated heterocycles. The van der Waals surface area contributed by atoms with E-state index in [1.54, 1.807) is 19.1 Å². The molecule has 1 aliphatic heterocycles. The molecule has 2 amide bonds. The van der Waals surface area contributed by atoms with Crippen molar-refractivity contribution in [3.8, 4) is 11.5 Å². The van der Waals surface area contributed by atoms with Crippen LogP contribution in [0.25, 0.3) is 0 Å². The number of para-hydroxylation sites is 2. The maximum Gasteiger partial charge on any atom is 0.261 e. The fraction of sp³-hybridized carbons (Fsp3) is 0.490. The number of benzene rings is 4. The van der Waals surface area contributed by atoms with Gasteiger partial charge in [-0.15, -0.1) is 0 Å². The van der Waals surface area contributed by atoms with Gasteiger partial charge < -0.3 is 25.0 Å². The van der Waals surface area contributed by atoms with Crippen LogP contribution in [0.15, 0.2) is 115 Å². The van der Waals surface area contributed by atoms with Crippen molar-refractivity contribution in [1.82, 2.24) is 20.4 Å². The summed E-state index contributed by atoms with van der Waals surface area (Å²) in [6.45, 7) is 6.16. The van der Waals surface area contributed by atoms with E-state index in [4.69, 9.17) is 9.47 Å². The number of hydrogen-bond acceptors (Lipinski definition) is 6. The standard InChI is InChI=1S/C27H36N2O2.C24H31FN2O2/c1-2-25(31-24-14-8-4-9-15-24)26(30)28-23-16-18-27(19-17-23,22-12-6-3-7-13-22)29-20-10-5-11-21-29;1-18(29-22-10-5-4-6-11-22)23(28)26-21-12-14-24(15-13-21,27(2)3)17-19-8-7-9-20(25)16-19/h3-4,6-9,12-15,23,25H,2,5,10-11,16-21H2,1H3,(H,28,30);4-11,16,18,21H,12-15,17H2,1-3H3,(H,26,28). The molecule has 0 spiro atoms. The van der Waals surface area contributed by atoms with Gasteiger partial charge in [0.2, 0.25) is 0 Å². The van der Waals surface area contributed by atoms with E-state index in [9.17, 15) is 14.0 Å². The molecule has 0 aromatic heterocycles. The highest BCUT2D eigenvalue weighted by atomic mass is 19.1. The lowest BCUT2D eigenvalue weighted by molar-refractivity contribution is -0.129. The zero-order valence-corrected chi connectivity index (χ0v) is 36.3. The monoisotopic (exact) mass is 819 g/mol. The van der Waals surface area contributed by atoms with E-state index in [1.165, 1.54) is 44.0 Å². The molecule has 3 aliphatic rings. The Morgan fingerprint density at radius 3 is 1.80 bits per heavy atom. The van der Waals surface area contributed by atoms with Crippen LogP contribution in [0.4, 0.5) is 4.39 Å². The predicted octanol–water partition coefficient (Wildman–Crippen LogP) is 9.48. The van der Waals surface area contributed by atoms with Crippen molar-refractivity contribution in [2.24, 2.45) is 0 Å². The van der Waals surface area contributed by atoms with E-state index >= 15 is 0 Å². The SMILES string of the molecule is CC(Oc1ccccc1)C(=O)NC1CCC(Cc2cccc(F)c2)(N(C)C)CC1.CCC(Oc1ccccc1)C(=O)NC1CCC(c2ccccc2)(N2CCCCC2)CC1. The smallest absolute Gasteiger partial charge is 0.261 e. The quantitative estimate of drug-likeness (QED) is 0.132. The molecule has 1 heterocycles. The third-order valence-electron chi connectivity index (χ3n) is 13.2. The highest BCUT2D eigenvalue weighted by Gasteiger charge is 2.43. The Balaban J connectivity index is 0.000000202. The number of hydrogen-bond donors (Lipinski definition) is 2. The fourth-order valence-electron chi connectivity index (χ4n) is 9.56. The van der Waals surface area contributed by atoms with Gasteiger partial charge in [0.1, 0.15) is 17.3 Å². The molecule has 2 atom stereocenters. The minimum Gasteiger partial charge on any atom is -0.481 e. The molecule has 7 rings (SSSR count). The Morgan fingerprint density at radius 1 is 0.717 bits per heavy atom. The summed E-state index contributed by atoms with van der Waals surface area (Å²) in [5, 5.41) is 6.45. The average Bonchev–Trinajstić information content (AvgIpc) is 3.28. The van der Waals surface area contributed by atoms with Gasteiger partial charge in [-0.1, -0.05) is 92.2 Å². The van der Waals surface area contributed by atoms with Crippen LogP contribution in [0.1, 0.15) is 102 Å². The summed E-state index contributed by atoms with van der Waals surface area (Å²) in [5.41, 5.74) is 2.57. The number of nitrogens with zero attached hydrogens (tertiary/aromatic N) is 2. The van der Waals surface area contributed by atoms with Crippen molar-refractivity contribution in [3.05, 3.63) is 132 Å². The number of halogens is 1. The van der Waals surface area contributed by atoms with Crippen LogP contribution in [0.2, 0.25) is 0 Å². The topological polar surface area (TPSA) is 83.1 Å². The number of amides is 2. The molecule has 2 aliphatic carbocycles. The van der Waals surface area contributed by atoms with Gasteiger partial charge in [-0.05, 0) is 159 Å². The normalized spacial score (nSPS) is 24.2. The minimum absolute atomic E-state index is 0.0127. The first-order valence-electron chi connectivity index (χ1n) is 22.4. The zero-order valence-electron chi connectivity index (χ0n) is 36.3. The van der Waals surface area contributed by atoms with Crippen molar-refractivity contribution in [3.63, 3.8) is 0 Å². The predicted molar refractivity (Wildman–Crippen MR) is 239 cm³/mol. The summed E-state index contributed by atoms with van der Waals surface area (Å²) in [5.74, 6) is 1.19. The summed E-state index contributed by atoms with van der Waals surface area (Å²) in [4.78, 5) is 30.5. The molecule has 2 N–H and O–H groups in total. The summed E-state index contributed by atoms with van der Waals surface area (Å²) >= 11 is 0. The van der Waals surface area contributed by atoms with Crippen LogP contribution >= 0.6 is 0 Å². The maximum atomic E-state index is 13.6. The maximum absolute atomic E-state index is 13.6. The average molecular weight is 819 g/mol. The molecule has 0 radical (unpaired) electrons. The van der Waals surface area contributed by atoms with E-state index in [2.05, 4.69) is 64.9 Å². The molecule has 0 bridgehead atoms. The van der Waals surface area contributed by atoms with Crippen molar-refractivity contribution in [1.29, 1.82) is 0 Å². The van der Waals surface area contributed by atoms with Gasteiger partial charge >= 0.3 is 0 Å². The molecule has 3 fully saturated rings. The second-order valence-electron chi connectivity index (χ2n) is 17.3. The number of rotatable bonds is 14. The number of carbonyl (C=O) groups excluding carboxylic acids is 2. The Morgan fingerprint density at radius 2 is 1.25 bits per heavy atom. The summed E-state index contributed by atoms with van der Waals surface area (Å²) in [6, 6.07) is 37.3.